The van der Waals surface area contributed by atoms with E-state index in [4.69, 9.17) is 10.5 Å². The van der Waals surface area contributed by atoms with Crippen molar-refractivity contribution < 1.29 is 54.6 Å². The van der Waals surface area contributed by atoms with Gasteiger partial charge in [0.25, 0.3) is 0 Å². The Hall–Kier alpha value is -2.44. The third-order valence-electron chi connectivity index (χ3n) is 7.03. The highest BCUT2D eigenvalue weighted by Crippen LogP contribution is 2.20. The molecule has 0 aromatic carbocycles. The van der Waals surface area contributed by atoms with Crippen molar-refractivity contribution in [2.75, 3.05) is 19.8 Å². The topological polar surface area (TPSA) is 273 Å². The van der Waals surface area contributed by atoms with Gasteiger partial charge in [0.15, 0.2) is 6.29 Å². The van der Waals surface area contributed by atoms with Crippen molar-refractivity contribution in [3.63, 3.8) is 0 Å². The first-order valence-corrected chi connectivity index (χ1v) is 14.7. The Balaban J connectivity index is 2.88. The molecule has 1 saturated heterocycles. The number of carboxylic acids is 1. The number of aliphatic hydroxyl groups is 5. The van der Waals surface area contributed by atoms with Crippen LogP contribution in [0.4, 0.5) is 0 Å². The van der Waals surface area contributed by atoms with Crippen LogP contribution in [0, 0.1) is 11.8 Å². The molecule has 12 N–H and O–H groups in total. The number of amides is 3. The molecule has 3 amide bonds. The molecule has 0 aromatic rings. The zero-order valence-corrected chi connectivity index (χ0v) is 25.3. The number of hydrogen-bond donors (Lipinski definition) is 11. The van der Waals surface area contributed by atoms with Crippen molar-refractivity contribution in [3.8, 4) is 0 Å². The maximum atomic E-state index is 13.1. The minimum Gasteiger partial charge on any atom is -0.480 e. The van der Waals surface area contributed by atoms with Gasteiger partial charge in [0.2, 0.25) is 17.7 Å². The van der Waals surface area contributed by atoms with Crippen molar-refractivity contribution in [2.24, 2.45) is 17.6 Å². The molecule has 1 heterocycles. The number of carbonyl (C=O) groups is 4. The van der Waals surface area contributed by atoms with E-state index in [2.05, 4.69) is 21.3 Å². The molecule has 0 aliphatic carbocycles. The van der Waals surface area contributed by atoms with E-state index in [1.54, 1.807) is 13.8 Å². The summed E-state index contributed by atoms with van der Waals surface area (Å²) in [7, 11) is 0. The molecule has 43 heavy (non-hydrogen) atoms. The standard InChI is InChI=1S/C27H51N5O11/c1-13(2)9-15(28)23(37)32-18(11-33)25(39)30-16(24(38)31-17(26(40)41)10-14(3)4)7-5-6-8-29-20-22(36)21(35)19(12-34)43-27(20)42/h13-22,27,29,33-36,42H,5-12,28H2,1-4H3,(H,30,39)(H,31,38)(H,32,37)(H,40,41)/t15-,16-,17-,18-,19+,20+,21+,22+,27?/m0/s1. The fourth-order valence-electron chi connectivity index (χ4n) is 4.65. The predicted octanol–water partition coefficient (Wildman–Crippen LogP) is -3.50. The van der Waals surface area contributed by atoms with Crippen molar-refractivity contribution in [2.45, 2.75) is 115 Å². The molecule has 0 saturated carbocycles. The van der Waals surface area contributed by atoms with Gasteiger partial charge in [0.1, 0.15) is 36.4 Å². The number of aliphatic carboxylic acids is 1. The minimum atomic E-state index is -1.50. The highest BCUT2D eigenvalue weighted by Gasteiger charge is 2.43. The highest BCUT2D eigenvalue weighted by atomic mass is 16.6. The summed E-state index contributed by atoms with van der Waals surface area (Å²) < 4.78 is 5.11. The molecule has 9 atom stereocenters. The summed E-state index contributed by atoms with van der Waals surface area (Å²) in [5.41, 5.74) is 5.87. The fraction of sp³-hybridized carbons (Fsp3) is 0.852. The summed E-state index contributed by atoms with van der Waals surface area (Å²) in [6.45, 7) is 6.15. The Bertz CT molecular complexity index is 893. The minimum absolute atomic E-state index is 0.0354. The van der Waals surface area contributed by atoms with Crippen LogP contribution in [0.5, 0.6) is 0 Å². The SMILES string of the molecule is CC(C)C[C@H](NC(=O)[C@H](CCCCN[C@H]1C(O)O[C@H](CO)[C@@H](O)[C@@H]1O)NC(=O)[C@H](CO)NC(=O)[C@@H](N)CC(C)C)C(=O)O. The van der Waals surface area contributed by atoms with Gasteiger partial charge in [-0.2, -0.15) is 0 Å². The van der Waals surface area contributed by atoms with Gasteiger partial charge in [-0.25, -0.2) is 4.79 Å². The number of hydrogen-bond acceptors (Lipinski definition) is 12. The molecule has 1 fully saturated rings. The van der Waals surface area contributed by atoms with E-state index in [-0.39, 0.29) is 31.2 Å². The summed E-state index contributed by atoms with van der Waals surface area (Å²) >= 11 is 0. The number of nitrogens with one attached hydrogen (secondary N) is 4. The average molecular weight is 622 g/mol. The molecule has 16 nitrogen and oxygen atoms in total. The molecule has 1 aliphatic heterocycles. The van der Waals surface area contributed by atoms with Crippen LogP contribution < -0.4 is 27.0 Å². The zero-order chi connectivity index (χ0) is 32.9. The lowest BCUT2D eigenvalue weighted by atomic mass is 9.97. The second-order valence-corrected chi connectivity index (χ2v) is 11.8. The van der Waals surface area contributed by atoms with E-state index >= 15 is 0 Å². The van der Waals surface area contributed by atoms with Gasteiger partial charge < -0.3 is 62.4 Å². The van der Waals surface area contributed by atoms with Crippen LogP contribution in [-0.4, -0.2) is 129 Å². The number of aliphatic hydroxyl groups excluding tert-OH is 5. The summed E-state index contributed by atoms with van der Waals surface area (Å²) in [6.07, 6.45) is -4.32. The smallest absolute Gasteiger partial charge is 0.326 e. The van der Waals surface area contributed by atoms with Crippen molar-refractivity contribution in [1.29, 1.82) is 0 Å². The number of ether oxygens (including phenoxy) is 1. The van der Waals surface area contributed by atoms with Crippen molar-refractivity contribution in [3.05, 3.63) is 0 Å². The van der Waals surface area contributed by atoms with Gasteiger partial charge in [-0.15, -0.1) is 0 Å². The van der Waals surface area contributed by atoms with Gasteiger partial charge >= 0.3 is 5.97 Å². The van der Waals surface area contributed by atoms with Crippen LogP contribution in [0.2, 0.25) is 0 Å². The maximum Gasteiger partial charge on any atom is 0.326 e. The molecule has 16 heteroatoms. The lowest BCUT2D eigenvalue weighted by Crippen LogP contribution is -2.63. The number of carboxylic acid groups (broad SMARTS) is 1. The van der Waals surface area contributed by atoms with Crippen LogP contribution in [0.15, 0.2) is 0 Å². The largest absolute Gasteiger partial charge is 0.480 e. The monoisotopic (exact) mass is 621 g/mol. The molecule has 0 spiro atoms. The molecule has 0 aromatic heterocycles. The summed E-state index contributed by atoms with van der Waals surface area (Å²) in [5, 5.41) is 69.1. The Morgan fingerprint density at radius 2 is 1.35 bits per heavy atom. The number of rotatable bonds is 19. The van der Waals surface area contributed by atoms with Gasteiger partial charge in [0.05, 0.1) is 25.3 Å². The molecule has 250 valence electrons. The zero-order valence-electron chi connectivity index (χ0n) is 25.3. The lowest BCUT2D eigenvalue weighted by Gasteiger charge is -2.40. The van der Waals surface area contributed by atoms with Gasteiger partial charge in [-0.3, -0.25) is 14.4 Å². The number of nitrogens with two attached hydrogens (primary N) is 1. The maximum absolute atomic E-state index is 13.1. The van der Waals surface area contributed by atoms with Gasteiger partial charge in [-0.1, -0.05) is 27.7 Å². The predicted molar refractivity (Wildman–Crippen MR) is 153 cm³/mol. The molecule has 1 rings (SSSR count). The Morgan fingerprint density at radius 1 is 0.791 bits per heavy atom. The second-order valence-electron chi connectivity index (χ2n) is 11.8. The molecular weight excluding hydrogens is 570 g/mol. The van der Waals surface area contributed by atoms with E-state index in [1.165, 1.54) is 0 Å². The van der Waals surface area contributed by atoms with E-state index < -0.39 is 91.7 Å². The van der Waals surface area contributed by atoms with Crippen molar-refractivity contribution in [1.82, 2.24) is 21.3 Å². The van der Waals surface area contributed by atoms with E-state index in [0.717, 1.165) is 0 Å². The first kappa shape index (κ1) is 38.6. The third kappa shape index (κ3) is 13.0. The molecule has 1 unspecified atom stereocenters. The number of unbranched alkanes of at least 4 members (excludes halogenated alkanes) is 1. The van der Waals surface area contributed by atoms with E-state index in [0.29, 0.717) is 19.3 Å². The Morgan fingerprint density at radius 3 is 1.88 bits per heavy atom. The molecule has 0 bridgehead atoms. The Labute approximate surface area is 251 Å². The number of carbonyl (C=O) groups excluding carboxylic acids is 3. The Kier molecular flexibility index (Phi) is 17.1. The van der Waals surface area contributed by atoms with E-state index in [1.807, 2.05) is 13.8 Å². The van der Waals surface area contributed by atoms with Crippen molar-refractivity contribution >= 4 is 23.7 Å². The quantitative estimate of drug-likeness (QED) is 0.0626. The normalized spacial score (nSPS) is 25.1. The van der Waals surface area contributed by atoms with Crippen LogP contribution in [0.3, 0.4) is 0 Å². The van der Waals surface area contributed by atoms with Gasteiger partial charge in [-0.05, 0) is 50.5 Å². The second kappa shape index (κ2) is 19.1. The first-order valence-electron chi connectivity index (χ1n) is 14.7. The molecular formula is C27H51N5O11. The first-order chi connectivity index (χ1) is 20.1. The van der Waals surface area contributed by atoms with Crippen LogP contribution >= 0.6 is 0 Å². The van der Waals surface area contributed by atoms with Crippen LogP contribution in [0.25, 0.3) is 0 Å². The summed E-state index contributed by atoms with van der Waals surface area (Å²) in [5.74, 6) is -3.46. The molecule has 0 radical (unpaired) electrons. The van der Waals surface area contributed by atoms with E-state index in [9.17, 15) is 49.8 Å². The van der Waals surface area contributed by atoms with Crippen LogP contribution in [0.1, 0.15) is 59.8 Å². The highest BCUT2D eigenvalue weighted by molar-refractivity contribution is 5.94. The molecule has 1 aliphatic rings. The summed E-state index contributed by atoms with van der Waals surface area (Å²) in [4.78, 5) is 50.2. The lowest BCUT2D eigenvalue weighted by molar-refractivity contribution is -0.254. The van der Waals surface area contributed by atoms with Crippen LogP contribution in [-0.2, 0) is 23.9 Å². The summed E-state index contributed by atoms with van der Waals surface area (Å²) in [6, 6.07) is -5.81. The average Bonchev–Trinajstić information content (AvgIpc) is 2.92. The third-order valence-corrected chi connectivity index (χ3v) is 7.03. The fourth-order valence-corrected chi connectivity index (χ4v) is 4.65. The van der Waals surface area contributed by atoms with Gasteiger partial charge in [0, 0.05) is 0 Å².